The molecule has 0 radical (unpaired) electrons. The number of hydrogen-bond acceptors (Lipinski definition) is 12. The summed E-state index contributed by atoms with van der Waals surface area (Å²) in [7, 11) is -8.74. The maximum absolute atomic E-state index is 13.3. The number of aromatic nitrogens is 1. The minimum absolute atomic E-state index is 0.0157. The number of carbonyl (C=O) groups is 4. The van der Waals surface area contributed by atoms with Crippen molar-refractivity contribution in [2.45, 2.75) is 82.2 Å². The first-order valence-corrected chi connectivity index (χ1v) is 20.3. The van der Waals surface area contributed by atoms with Crippen molar-refractivity contribution in [3.05, 3.63) is 46.6 Å². The van der Waals surface area contributed by atoms with Crippen LogP contribution in [0.1, 0.15) is 60.9 Å². The van der Waals surface area contributed by atoms with Crippen LogP contribution in [-0.2, 0) is 52.2 Å². The number of aryl methyl sites for hydroxylation is 4. The van der Waals surface area contributed by atoms with Gasteiger partial charge in [-0.2, -0.15) is 13.1 Å². The Morgan fingerprint density at radius 2 is 1.62 bits per heavy atom. The number of amides is 3. The molecule has 0 bridgehead atoms. The molecule has 53 heavy (non-hydrogen) atoms. The number of unbranched alkanes of at least 4 members (excludes halogenated alkanes) is 1. The third-order valence-electron chi connectivity index (χ3n) is 8.13. The number of carbonyl (C=O) groups excluding carboxylic acids is 3. The van der Waals surface area contributed by atoms with Crippen LogP contribution < -0.4 is 36.5 Å². The highest BCUT2D eigenvalue weighted by molar-refractivity contribution is 7.89. The minimum atomic E-state index is -4.41. The minimum Gasteiger partial charge on any atom is -0.494 e. The molecule has 3 rings (SSSR count). The second kappa shape index (κ2) is 20.2. The molecule has 0 aliphatic carbocycles. The number of sulfonamides is 1. The fourth-order valence-electron chi connectivity index (χ4n) is 5.58. The fraction of sp³-hybridized carbons (Fsp3) is 0.545. The third-order valence-corrected chi connectivity index (χ3v) is 10.7. The van der Waals surface area contributed by atoms with Gasteiger partial charge in [0, 0.05) is 44.7 Å². The normalized spacial score (nSPS) is 13.9. The van der Waals surface area contributed by atoms with E-state index in [0.717, 1.165) is 30.9 Å². The third kappa shape index (κ3) is 14.9. The molecule has 0 saturated carbocycles. The zero-order chi connectivity index (χ0) is 39.2. The highest BCUT2D eigenvalue weighted by Gasteiger charge is 2.28. The standard InChI is InChI=1S/C33H49N7O11S2/c1-21-17-25(51-16-6-10-28(41)35-14-15-37-32(43)26(34)20-52(46,47)48)18-22(2)30(21)53(49,50)40-27(33(44)45)19-38-29(42)9-4-3-8-24-12-11-23-7-5-13-36-31(23)39-24/h11-12,17-18,26-27,40H,3-10,13-16,19-20,34H2,1-2H3,(H,35,41)(H,36,39)(H,37,43)(H,38,42)(H,44,45)(H,46,47,48). The zero-order valence-corrected chi connectivity index (χ0v) is 31.4. The molecule has 0 fully saturated rings. The number of hydrogen-bond donors (Lipinski definition) is 8. The van der Waals surface area contributed by atoms with E-state index in [1.807, 2.05) is 6.07 Å². The van der Waals surface area contributed by atoms with Crippen molar-refractivity contribution in [1.29, 1.82) is 0 Å². The first-order valence-electron chi connectivity index (χ1n) is 17.2. The molecule has 3 amide bonds. The predicted octanol–water partition coefficient (Wildman–Crippen LogP) is -0.0763. The van der Waals surface area contributed by atoms with Gasteiger partial charge in [0.1, 0.15) is 23.7 Å². The van der Waals surface area contributed by atoms with Crippen LogP contribution in [0.5, 0.6) is 5.75 Å². The van der Waals surface area contributed by atoms with Gasteiger partial charge in [-0.1, -0.05) is 6.07 Å². The number of anilines is 1. The molecule has 0 spiro atoms. The summed E-state index contributed by atoms with van der Waals surface area (Å²) in [5, 5.41) is 20.4. The highest BCUT2D eigenvalue weighted by Crippen LogP contribution is 2.26. The molecule has 2 aromatic rings. The van der Waals surface area contributed by atoms with E-state index in [2.05, 4.69) is 37.0 Å². The van der Waals surface area contributed by atoms with Crippen LogP contribution in [0.2, 0.25) is 0 Å². The number of nitrogens with one attached hydrogen (secondary N) is 5. The number of rotatable bonds is 22. The largest absolute Gasteiger partial charge is 0.494 e. The van der Waals surface area contributed by atoms with Gasteiger partial charge < -0.3 is 36.8 Å². The Bertz CT molecular complexity index is 1820. The van der Waals surface area contributed by atoms with Crippen molar-refractivity contribution in [3.63, 3.8) is 0 Å². The van der Waals surface area contributed by atoms with Gasteiger partial charge >= 0.3 is 5.97 Å². The molecule has 20 heteroatoms. The second-order valence-corrected chi connectivity index (χ2v) is 15.8. The van der Waals surface area contributed by atoms with Crippen LogP contribution in [0, 0.1) is 13.8 Å². The predicted molar refractivity (Wildman–Crippen MR) is 194 cm³/mol. The van der Waals surface area contributed by atoms with Crippen molar-refractivity contribution < 1.29 is 50.4 Å². The Morgan fingerprint density at radius 1 is 0.962 bits per heavy atom. The monoisotopic (exact) mass is 783 g/mol. The number of carboxylic acids is 1. The number of nitrogens with zero attached hydrogens (tertiary/aromatic N) is 1. The van der Waals surface area contributed by atoms with E-state index in [-0.39, 0.29) is 43.3 Å². The van der Waals surface area contributed by atoms with Gasteiger partial charge in [0.25, 0.3) is 10.1 Å². The number of ether oxygens (including phenoxy) is 1. The smallest absolute Gasteiger partial charge is 0.323 e. The molecular weight excluding hydrogens is 735 g/mol. The van der Waals surface area contributed by atoms with E-state index in [1.165, 1.54) is 31.5 Å². The number of aliphatic carboxylic acids is 1. The van der Waals surface area contributed by atoms with E-state index in [1.54, 1.807) is 0 Å². The van der Waals surface area contributed by atoms with Crippen molar-refractivity contribution in [2.24, 2.45) is 5.73 Å². The van der Waals surface area contributed by atoms with Crippen LogP contribution in [-0.4, -0.2) is 106 Å². The summed E-state index contributed by atoms with van der Waals surface area (Å²) < 4.78 is 64.9. The average molecular weight is 784 g/mol. The lowest BCUT2D eigenvalue weighted by atomic mass is 10.1. The molecule has 1 aromatic heterocycles. The van der Waals surface area contributed by atoms with E-state index in [4.69, 9.17) is 15.0 Å². The highest BCUT2D eigenvalue weighted by atomic mass is 32.2. The summed E-state index contributed by atoms with van der Waals surface area (Å²) >= 11 is 0. The zero-order valence-electron chi connectivity index (χ0n) is 29.8. The first kappa shape index (κ1) is 43.0. The Hall–Kier alpha value is -4.37. The average Bonchev–Trinajstić information content (AvgIpc) is 3.07. The molecule has 2 heterocycles. The Kier molecular flexibility index (Phi) is 16.4. The SMILES string of the molecule is Cc1cc(OCCCC(=O)NCCNC(=O)C(N)CS(=O)(=O)O)cc(C)c1S(=O)(=O)NC(CNC(=O)CCCCc1ccc2c(n1)NCCC2)C(=O)O. The lowest BCUT2D eigenvalue weighted by Crippen LogP contribution is -2.48. The van der Waals surface area contributed by atoms with Crippen molar-refractivity contribution >= 4 is 49.7 Å². The number of benzene rings is 1. The molecule has 1 aliphatic rings. The van der Waals surface area contributed by atoms with Gasteiger partial charge in [0.2, 0.25) is 27.7 Å². The molecular formula is C33H49N7O11S2. The lowest BCUT2D eigenvalue weighted by Gasteiger charge is -2.19. The summed E-state index contributed by atoms with van der Waals surface area (Å²) in [6.07, 6.45) is 4.52. The Balaban J connectivity index is 1.39. The Morgan fingerprint density at radius 3 is 2.30 bits per heavy atom. The van der Waals surface area contributed by atoms with Crippen LogP contribution in [0.15, 0.2) is 29.2 Å². The molecule has 2 atom stereocenters. The van der Waals surface area contributed by atoms with Crippen LogP contribution in [0.3, 0.4) is 0 Å². The first-order chi connectivity index (χ1) is 24.9. The van der Waals surface area contributed by atoms with Gasteiger partial charge in [0.05, 0.1) is 17.3 Å². The van der Waals surface area contributed by atoms with Crippen molar-refractivity contribution in [3.8, 4) is 5.75 Å². The molecule has 18 nitrogen and oxygen atoms in total. The molecule has 294 valence electrons. The maximum atomic E-state index is 13.3. The van der Waals surface area contributed by atoms with Crippen molar-refractivity contribution in [1.82, 2.24) is 25.7 Å². The van der Waals surface area contributed by atoms with Crippen molar-refractivity contribution in [2.75, 3.05) is 43.9 Å². The molecule has 0 saturated heterocycles. The topological polar surface area (TPSA) is 285 Å². The molecule has 9 N–H and O–H groups in total. The molecule has 1 aromatic carbocycles. The van der Waals surface area contributed by atoms with Crippen LogP contribution in [0.4, 0.5) is 5.82 Å². The number of pyridine rings is 1. The van der Waals surface area contributed by atoms with E-state index >= 15 is 0 Å². The maximum Gasteiger partial charge on any atom is 0.323 e. The Labute approximate surface area is 309 Å². The number of fused-ring (bicyclic) bond motifs is 1. The van der Waals surface area contributed by atoms with Gasteiger partial charge in [-0.15, -0.1) is 0 Å². The summed E-state index contributed by atoms with van der Waals surface area (Å²) in [6, 6.07) is 3.94. The number of nitrogens with two attached hydrogens (primary N) is 1. The molecule has 2 unspecified atom stereocenters. The van der Waals surface area contributed by atoms with Crippen LogP contribution in [0.25, 0.3) is 0 Å². The van der Waals surface area contributed by atoms with Gasteiger partial charge in [-0.25, -0.2) is 13.4 Å². The number of carboxylic acid groups (broad SMARTS) is 1. The van der Waals surface area contributed by atoms with E-state index < -0.39 is 62.3 Å². The summed E-state index contributed by atoms with van der Waals surface area (Å²) in [4.78, 5) is 52.7. The summed E-state index contributed by atoms with van der Waals surface area (Å²) in [6.45, 7) is 3.66. The lowest BCUT2D eigenvalue weighted by molar-refractivity contribution is -0.139. The van der Waals surface area contributed by atoms with Gasteiger partial charge in [-0.05, 0) is 87.3 Å². The molecule has 1 aliphatic heterocycles. The summed E-state index contributed by atoms with van der Waals surface area (Å²) in [5.41, 5.74) is 8.10. The van der Waals surface area contributed by atoms with Crippen LogP contribution >= 0.6 is 0 Å². The van der Waals surface area contributed by atoms with Gasteiger partial charge in [-0.3, -0.25) is 23.7 Å². The quantitative estimate of drug-likeness (QED) is 0.0573. The fourth-order valence-corrected chi connectivity index (χ4v) is 7.83. The second-order valence-electron chi connectivity index (χ2n) is 12.7. The van der Waals surface area contributed by atoms with Gasteiger partial charge in [0.15, 0.2) is 0 Å². The summed E-state index contributed by atoms with van der Waals surface area (Å²) in [5.74, 6) is -2.68. The van der Waals surface area contributed by atoms with E-state index in [0.29, 0.717) is 42.6 Å². The van der Waals surface area contributed by atoms with E-state index in [9.17, 15) is 41.1 Å².